The molecule has 1 aromatic heterocycles. The van der Waals surface area contributed by atoms with Crippen LogP contribution in [0.2, 0.25) is 0 Å². The summed E-state index contributed by atoms with van der Waals surface area (Å²) in [6.07, 6.45) is 2.70. The van der Waals surface area contributed by atoms with Crippen molar-refractivity contribution < 1.29 is 0 Å². The molecule has 0 aromatic carbocycles. The molecule has 20 heavy (non-hydrogen) atoms. The van der Waals surface area contributed by atoms with Crippen molar-refractivity contribution in [3.63, 3.8) is 0 Å². The third kappa shape index (κ3) is 2.88. The maximum atomic E-state index is 6.12. The predicted molar refractivity (Wildman–Crippen MR) is 92.3 cm³/mol. The standard InChI is InChI=1S/C14H21Br2N3S/c1-9-7-18-4-2-3-10(18)8-19(9)12(6-17)13-5-11(15)14(16)20-13/h5,9-10,12H,2-4,6-8,17H2,1H3. The number of rotatable bonds is 3. The number of hydrogen-bond donors (Lipinski definition) is 1. The van der Waals surface area contributed by atoms with E-state index >= 15 is 0 Å². The first-order valence-electron chi connectivity index (χ1n) is 7.24. The van der Waals surface area contributed by atoms with Gasteiger partial charge in [0.2, 0.25) is 0 Å². The summed E-state index contributed by atoms with van der Waals surface area (Å²) >= 11 is 9.00. The fourth-order valence-electron chi connectivity index (χ4n) is 3.59. The van der Waals surface area contributed by atoms with E-state index in [-0.39, 0.29) is 0 Å². The minimum Gasteiger partial charge on any atom is -0.329 e. The number of nitrogens with zero attached hydrogens (tertiary/aromatic N) is 2. The lowest BCUT2D eigenvalue weighted by molar-refractivity contribution is 0.0306. The zero-order valence-electron chi connectivity index (χ0n) is 11.7. The van der Waals surface area contributed by atoms with E-state index in [9.17, 15) is 0 Å². The van der Waals surface area contributed by atoms with Gasteiger partial charge in [-0.25, -0.2) is 0 Å². The third-order valence-electron chi connectivity index (χ3n) is 4.60. The summed E-state index contributed by atoms with van der Waals surface area (Å²) in [7, 11) is 0. The Balaban J connectivity index is 1.81. The van der Waals surface area contributed by atoms with Crippen LogP contribution in [0.5, 0.6) is 0 Å². The van der Waals surface area contributed by atoms with Gasteiger partial charge < -0.3 is 5.73 Å². The van der Waals surface area contributed by atoms with Gasteiger partial charge in [-0.2, -0.15) is 0 Å². The van der Waals surface area contributed by atoms with Gasteiger partial charge in [0, 0.05) is 41.1 Å². The quantitative estimate of drug-likeness (QED) is 0.809. The second-order valence-corrected chi connectivity index (χ2v) is 9.11. The Morgan fingerprint density at radius 1 is 1.45 bits per heavy atom. The molecule has 3 atom stereocenters. The van der Waals surface area contributed by atoms with Crippen molar-refractivity contribution in [2.24, 2.45) is 5.73 Å². The van der Waals surface area contributed by atoms with E-state index in [0.717, 1.165) is 20.8 Å². The van der Waals surface area contributed by atoms with Crippen molar-refractivity contribution in [2.45, 2.75) is 37.9 Å². The molecule has 3 nitrogen and oxygen atoms in total. The Hall–Kier alpha value is 0.540. The van der Waals surface area contributed by atoms with Gasteiger partial charge in [0.1, 0.15) is 0 Å². The monoisotopic (exact) mass is 421 g/mol. The van der Waals surface area contributed by atoms with Gasteiger partial charge in [0.05, 0.1) is 9.83 Å². The van der Waals surface area contributed by atoms with Crippen LogP contribution in [0, 0.1) is 0 Å². The number of halogens is 2. The molecule has 0 aliphatic carbocycles. The van der Waals surface area contributed by atoms with Crippen LogP contribution >= 0.6 is 43.2 Å². The molecule has 3 heterocycles. The molecule has 3 unspecified atom stereocenters. The van der Waals surface area contributed by atoms with Crippen LogP contribution in [0.15, 0.2) is 14.3 Å². The van der Waals surface area contributed by atoms with Gasteiger partial charge in [-0.05, 0) is 64.2 Å². The van der Waals surface area contributed by atoms with Crippen LogP contribution in [-0.4, -0.2) is 48.1 Å². The first kappa shape index (κ1) is 15.4. The summed E-state index contributed by atoms with van der Waals surface area (Å²) in [5.74, 6) is 0. The van der Waals surface area contributed by atoms with Crippen molar-refractivity contribution in [3.05, 3.63) is 19.2 Å². The molecule has 0 saturated carbocycles. The van der Waals surface area contributed by atoms with E-state index in [0.29, 0.717) is 18.6 Å². The van der Waals surface area contributed by atoms with Gasteiger partial charge in [-0.15, -0.1) is 11.3 Å². The highest BCUT2D eigenvalue weighted by molar-refractivity contribution is 9.13. The van der Waals surface area contributed by atoms with Crippen molar-refractivity contribution in [3.8, 4) is 0 Å². The molecular formula is C14H21Br2N3S. The highest BCUT2D eigenvalue weighted by Crippen LogP contribution is 2.39. The average molecular weight is 423 g/mol. The summed E-state index contributed by atoms with van der Waals surface area (Å²) in [5, 5.41) is 0. The first-order chi connectivity index (χ1) is 9.60. The molecular weight excluding hydrogens is 402 g/mol. The van der Waals surface area contributed by atoms with E-state index in [1.54, 1.807) is 11.3 Å². The molecule has 3 rings (SSSR count). The largest absolute Gasteiger partial charge is 0.329 e. The smallest absolute Gasteiger partial charge is 0.0843 e. The fourth-order valence-corrected chi connectivity index (χ4v) is 5.81. The summed E-state index contributed by atoms with van der Waals surface area (Å²) in [6.45, 7) is 6.67. The van der Waals surface area contributed by atoms with Crippen molar-refractivity contribution in [2.75, 3.05) is 26.2 Å². The molecule has 1 aromatic rings. The summed E-state index contributed by atoms with van der Waals surface area (Å²) in [4.78, 5) is 6.65. The highest BCUT2D eigenvalue weighted by Gasteiger charge is 2.37. The van der Waals surface area contributed by atoms with Crippen LogP contribution in [-0.2, 0) is 0 Å². The van der Waals surface area contributed by atoms with Gasteiger partial charge in [-0.1, -0.05) is 0 Å². The molecule has 0 radical (unpaired) electrons. The topological polar surface area (TPSA) is 32.5 Å². The molecule has 0 spiro atoms. The number of thiophene rings is 1. The Labute approximate surface area is 141 Å². The SMILES string of the molecule is CC1CN2CCCC2CN1C(CN)c1cc(Br)c(Br)s1. The second-order valence-electron chi connectivity index (χ2n) is 5.86. The lowest BCUT2D eigenvalue weighted by atomic mass is 10.0. The molecule has 2 fully saturated rings. The predicted octanol–water partition coefficient (Wildman–Crippen LogP) is 3.44. The van der Waals surface area contributed by atoms with Crippen molar-refractivity contribution in [1.82, 2.24) is 9.80 Å². The molecule has 0 amide bonds. The molecule has 2 aliphatic heterocycles. The van der Waals surface area contributed by atoms with E-state index < -0.39 is 0 Å². The number of fused-ring (bicyclic) bond motifs is 1. The minimum atomic E-state index is 0.348. The van der Waals surface area contributed by atoms with Gasteiger partial charge in [-0.3, -0.25) is 9.80 Å². The number of nitrogens with two attached hydrogens (primary N) is 1. The van der Waals surface area contributed by atoms with E-state index in [4.69, 9.17) is 5.73 Å². The molecule has 112 valence electrons. The van der Waals surface area contributed by atoms with Crippen LogP contribution in [0.25, 0.3) is 0 Å². The van der Waals surface area contributed by atoms with E-state index in [2.05, 4.69) is 54.6 Å². The van der Waals surface area contributed by atoms with E-state index in [1.807, 2.05) is 0 Å². The molecule has 6 heteroatoms. The lowest BCUT2D eigenvalue weighted by Gasteiger charge is -2.45. The molecule has 2 aliphatic rings. The lowest BCUT2D eigenvalue weighted by Crippen LogP contribution is -2.56. The van der Waals surface area contributed by atoms with Crippen LogP contribution in [0.4, 0.5) is 0 Å². The van der Waals surface area contributed by atoms with E-state index in [1.165, 1.54) is 30.8 Å². The molecule has 2 saturated heterocycles. The van der Waals surface area contributed by atoms with Gasteiger partial charge in [0.25, 0.3) is 0 Å². The Morgan fingerprint density at radius 2 is 2.25 bits per heavy atom. The summed E-state index contributed by atoms with van der Waals surface area (Å²) in [5.41, 5.74) is 6.12. The zero-order chi connectivity index (χ0) is 14.3. The van der Waals surface area contributed by atoms with Crippen LogP contribution in [0.3, 0.4) is 0 Å². The number of hydrogen-bond acceptors (Lipinski definition) is 4. The minimum absolute atomic E-state index is 0.348. The fraction of sp³-hybridized carbons (Fsp3) is 0.714. The highest BCUT2D eigenvalue weighted by atomic mass is 79.9. The second kappa shape index (κ2) is 6.34. The first-order valence-corrected chi connectivity index (χ1v) is 9.65. The van der Waals surface area contributed by atoms with Crippen LogP contribution < -0.4 is 5.73 Å². The average Bonchev–Trinajstić information content (AvgIpc) is 2.98. The van der Waals surface area contributed by atoms with Gasteiger partial charge >= 0.3 is 0 Å². The number of piperazine rings is 1. The Kier molecular flexibility index (Phi) is 4.90. The molecule has 0 bridgehead atoms. The zero-order valence-corrected chi connectivity index (χ0v) is 15.7. The molecule has 2 N–H and O–H groups in total. The van der Waals surface area contributed by atoms with Crippen LogP contribution in [0.1, 0.15) is 30.7 Å². The summed E-state index contributed by atoms with van der Waals surface area (Å²) < 4.78 is 2.31. The van der Waals surface area contributed by atoms with Gasteiger partial charge in [0.15, 0.2) is 0 Å². The Morgan fingerprint density at radius 3 is 2.90 bits per heavy atom. The maximum Gasteiger partial charge on any atom is 0.0843 e. The maximum absolute atomic E-state index is 6.12. The normalized spacial score (nSPS) is 29.6. The summed E-state index contributed by atoms with van der Waals surface area (Å²) in [6, 6.07) is 3.89. The van der Waals surface area contributed by atoms with Crippen molar-refractivity contribution in [1.29, 1.82) is 0 Å². The third-order valence-corrected chi connectivity index (χ3v) is 7.96. The Bertz CT molecular complexity index is 459. The van der Waals surface area contributed by atoms with Crippen molar-refractivity contribution >= 4 is 43.2 Å².